The summed E-state index contributed by atoms with van der Waals surface area (Å²) >= 11 is 0. The lowest BCUT2D eigenvalue weighted by molar-refractivity contribution is 0.623. The summed E-state index contributed by atoms with van der Waals surface area (Å²) in [5.41, 5.74) is 1.49. The molecular formula is C15H11F2N. The van der Waals surface area contributed by atoms with Crippen LogP contribution >= 0.6 is 0 Å². The van der Waals surface area contributed by atoms with Gasteiger partial charge < -0.3 is 0 Å². The first-order valence-electron chi connectivity index (χ1n) is 5.58. The molecule has 0 aromatic heterocycles. The standard InChI is InChI=1S/C15H11F2N/c16-14-6-4-11(5-7-14)8-13(10-18)12-2-1-3-15(17)9-12/h1-7,9,13H,8H2. The summed E-state index contributed by atoms with van der Waals surface area (Å²) in [6, 6.07) is 14.1. The number of nitriles is 1. The van der Waals surface area contributed by atoms with Gasteiger partial charge in [-0.2, -0.15) is 5.26 Å². The molecule has 0 saturated heterocycles. The van der Waals surface area contributed by atoms with Crippen molar-refractivity contribution in [3.05, 3.63) is 71.3 Å². The van der Waals surface area contributed by atoms with Crippen LogP contribution in [0.25, 0.3) is 0 Å². The van der Waals surface area contributed by atoms with Crippen LogP contribution in [-0.2, 0) is 6.42 Å². The van der Waals surface area contributed by atoms with E-state index in [0.29, 0.717) is 12.0 Å². The van der Waals surface area contributed by atoms with Crippen LogP contribution in [0.5, 0.6) is 0 Å². The maximum atomic E-state index is 13.1. The topological polar surface area (TPSA) is 23.8 Å². The van der Waals surface area contributed by atoms with E-state index in [4.69, 9.17) is 5.26 Å². The number of halogens is 2. The highest BCUT2D eigenvalue weighted by atomic mass is 19.1. The Balaban J connectivity index is 2.20. The zero-order chi connectivity index (χ0) is 13.0. The van der Waals surface area contributed by atoms with Gasteiger partial charge in [0.25, 0.3) is 0 Å². The molecule has 2 rings (SSSR count). The van der Waals surface area contributed by atoms with Crippen LogP contribution < -0.4 is 0 Å². The first kappa shape index (κ1) is 12.3. The van der Waals surface area contributed by atoms with Gasteiger partial charge in [0.2, 0.25) is 0 Å². The lowest BCUT2D eigenvalue weighted by atomic mass is 9.93. The molecule has 1 atom stereocenters. The van der Waals surface area contributed by atoms with Crippen molar-refractivity contribution in [2.45, 2.75) is 12.3 Å². The first-order chi connectivity index (χ1) is 8.69. The van der Waals surface area contributed by atoms with Gasteiger partial charge in [-0.3, -0.25) is 0 Å². The summed E-state index contributed by atoms with van der Waals surface area (Å²) in [5.74, 6) is -1.09. The molecule has 2 aromatic carbocycles. The largest absolute Gasteiger partial charge is 0.207 e. The van der Waals surface area contributed by atoms with E-state index in [1.54, 1.807) is 24.3 Å². The average Bonchev–Trinajstić information content (AvgIpc) is 2.38. The van der Waals surface area contributed by atoms with Gasteiger partial charge in [-0.05, 0) is 41.8 Å². The highest BCUT2D eigenvalue weighted by molar-refractivity contribution is 5.29. The molecule has 0 aliphatic rings. The Morgan fingerprint density at radius 3 is 2.33 bits per heavy atom. The van der Waals surface area contributed by atoms with E-state index in [0.717, 1.165) is 5.56 Å². The molecule has 2 aromatic rings. The average molecular weight is 243 g/mol. The Morgan fingerprint density at radius 2 is 1.72 bits per heavy atom. The van der Waals surface area contributed by atoms with E-state index in [9.17, 15) is 8.78 Å². The molecule has 0 aliphatic carbocycles. The minimum atomic E-state index is -0.425. The second-order valence-electron chi connectivity index (χ2n) is 4.07. The summed E-state index contributed by atoms with van der Waals surface area (Å²) in [6.45, 7) is 0. The van der Waals surface area contributed by atoms with Crippen molar-refractivity contribution in [3.8, 4) is 6.07 Å². The highest BCUT2D eigenvalue weighted by Gasteiger charge is 2.12. The minimum Gasteiger partial charge on any atom is -0.207 e. The zero-order valence-corrected chi connectivity index (χ0v) is 9.61. The molecular weight excluding hydrogens is 232 g/mol. The number of rotatable bonds is 3. The number of hydrogen-bond donors (Lipinski definition) is 0. The first-order valence-corrected chi connectivity index (χ1v) is 5.58. The van der Waals surface area contributed by atoms with Crippen LogP contribution in [0.1, 0.15) is 17.0 Å². The molecule has 1 nitrogen and oxygen atoms in total. The smallest absolute Gasteiger partial charge is 0.123 e. The van der Waals surface area contributed by atoms with Crippen molar-refractivity contribution < 1.29 is 8.78 Å². The van der Waals surface area contributed by atoms with Crippen molar-refractivity contribution >= 4 is 0 Å². The van der Waals surface area contributed by atoms with Gasteiger partial charge in [0, 0.05) is 0 Å². The summed E-state index contributed by atoms with van der Waals surface area (Å²) < 4.78 is 25.9. The third-order valence-electron chi connectivity index (χ3n) is 2.76. The van der Waals surface area contributed by atoms with E-state index in [1.807, 2.05) is 0 Å². The molecule has 0 amide bonds. The van der Waals surface area contributed by atoms with Gasteiger partial charge >= 0.3 is 0 Å². The van der Waals surface area contributed by atoms with Gasteiger partial charge in [0.05, 0.1) is 12.0 Å². The third-order valence-corrected chi connectivity index (χ3v) is 2.76. The Kier molecular flexibility index (Phi) is 3.69. The molecule has 0 aliphatic heterocycles. The number of benzene rings is 2. The Hall–Kier alpha value is -2.21. The van der Waals surface area contributed by atoms with E-state index in [-0.39, 0.29) is 11.6 Å². The van der Waals surface area contributed by atoms with Crippen molar-refractivity contribution in [1.29, 1.82) is 5.26 Å². The van der Waals surface area contributed by atoms with Crippen LogP contribution in [0, 0.1) is 23.0 Å². The summed E-state index contributed by atoms with van der Waals surface area (Å²) in [4.78, 5) is 0. The maximum Gasteiger partial charge on any atom is 0.123 e. The minimum absolute atomic E-state index is 0.307. The fraction of sp³-hybridized carbons (Fsp3) is 0.133. The number of hydrogen-bond acceptors (Lipinski definition) is 1. The molecule has 18 heavy (non-hydrogen) atoms. The molecule has 3 heteroatoms. The second kappa shape index (κ2) is 5.42. The summed E-state index contributed by atoms with van der Waals surface area (Å²) in [7, 11) is 0. The van der Waals surface area contributed by atoms with Gasteiger partial charge in [-0.15, -0.1) is 0 Å². The lowest BCUT2D eigenvalue weighted by Gasteiger charge is -2.09. The van der Waals surface area contributed by atoms with Crippen molar-refractivity contribution in [2.24, 2.45) is 0 Å². The van der Waals surface area contributed by atoms with Gasteiger partial charge in [0.1, 0.15) is 11.6 Å². The molecule has 0 saturated carbocycles. The fourth-order valence-electron chi connectivity index (χ4n) is 1.82. The molecule has 0 bridgehead atoms. The van der Waals surface area contributed by atoms with Crippen molar-refractivity contribution in [1.82, 2.24) is 0 Å². The Bertz CT molecular complexity index is 570. The fourth-order valence-corrected chi connectivity index (χ4v) is 1.82. The Morgan fingerprint density at radius 1 is 1.00 bits per heavy atom. The van der Waals surface area contributed by atoms with Crippen molar-refractivity contribution in [2.75, 3.05) is 0 Å². The van der Waals surface area contributed by atoms with Gasteiger partial charge in [0.15, 0.2) is 0 Å². The van der Waals surface area contributed by atoms with Crippen LogP contribution in [-0.4, -0.2) is 0 Å². The third kappa shape index (κ3) is 2.92. The number of nitrogens with zero attached hydrogens (tertiary/aromatic N) is 1. The van der Waals surface area contributed by atoms with Crippen LogP contribution in [0.4, 0.5) is 8.78 Å². The van der Waals surface area contributed by atoms with E-state index >= 15 is 0 Å². The Labute approximate surface area is 104 Å². The second-order valence-corrected chi connectivity index (χ2v) is 4.07. The van der Waals surface area contributed by atoms with E-state index < -0.39 is 5.92 Å². The maximum absolute atomic E-state index is 13.1. The zero-order valence-electron chi connectivity index (χ0n) is 9.61. The lowest BCUT2D eigenvalue weighted by Crippen LogP contribution is -2.01. The molecule has 0 heterocycles. The van der Waals surface area contributed by atoms with Crippen molar-refractivity contribution in [3.63, 3.8) is 0 Å². The molecule has 90 valence electrons. The van der Waals surface area contributed by atoms with Crippen LogP contribution in [0.2, 0.25) is 0 Å². The van der Waals surface area contributed by atoms with E-state index in [1.165, 1.54) is 24.3 Å². The molecule has 0 spiro atoms. The predicted octanol–water partition coefficient (Wildman–Crippen LogP) is 3.81. The van der Waals surface area contributed by atoms with Gasteiger partial charge in [-0.1, -0.05) is 24.3 Å². The molecule has 0 N–H and O–H groups in total. The van der Waals surface area contributed by atoms with Crippen LogP contribution in [0.15, 0.2) is 48.5 Å². The SMILES string of the molecule is N#CC(Cc1ccc(F)cc1)c1cccc(F)c1. The van der Waals surface area contributed by atoms with E-state index in [2.05, 4.69) is 6.07 Å². The molecule has 0 fully saturated rings. The predicted molar refractivity (Wildman–Crippen MR) is 64.9 cm³/mol. The van der Waals surface area contributed by atoms with Crippen LogP contribution in [0.3, 0.4) is 0 Å². The highest BCUT2D eigenvalue weighted by Crippen LogP contribution is 2.21. The normalized spacial score (nSPS) is 11.8. The summed E-state index contributed by atoms with van der Waals surface area (Å²) in [5, 5.41) is 9.14. The monoisotopic (exact) mass is 243 g/mol. The molecule has 0 radical (unpaired) electrons. The molecule has 1 unspecified atom stereocenters. The summed E-state index contributed by atoms with van der Waals surface area (Å²) in [6.07, 6.45) is 0.445. The quantitative estimate of drug-likeness (QED) is 0.804. The van der Waals surface area contributed by atoms with Gasteiger partial charge in [-0.25, -0.2) is 8.78 Å².